The fourth-order valence-corrected chi connectivity index (χ4v) is 2.89. The molecule has 3 heteroatoms. The van der Waals surface area contributed by atoms with E-state index in [0.717, 1.165) is 29.7 Å². The van der Waals surface area contributed by atoms with Crippen molar-refractivity contribution < 1.29 is 9.90 Å². The maximum Gasteiger partial charge on any atom is 0.312 e. The van der Waals surface area contributed by atoms with Crippen molar-refractivity contribution in [1.82, 2.24) is 5.32 Å². The molecule has 1 unspecified atom stereocenters. The van der Waals surface area contributed by atoms with E-state index in [1.54, 1.807) is 0 Å². The molecule has 0 aliphatic carbocycles. The predicted molar refractivity (Wildman–Crippen MR) is 87.8 cm³/mol. The van der Waals surface area contributed by atoms with Crippen molar-refractivity contribution in [2.24, 2.45) is 0 Å². The molecule has 0 saturated carbocycles. The summed E-state index contributed by atoms with van der Waals surface area (Å²) in [4.78, 5) is 11.7. The Balaban J connectivity index is 1.88. The minimum absolute atomic E-state index is 0.145. The highest BCUT2D eigenvalue weighted by Gasteiger charge is 2.28. The normalized spacial score (nSPS) is 18.8. The van der Waals surface area contributed by atoms with E-state index in [1.807, 2.05) is 48.5 Å². The van der Waals surface area contributed by atoms with E-state index in [0.29, 0.717) is 0 Å². The van der Waals surface area contributed by atoms with Crippen LogP contribution in [0.3, 0.4) is 0 Å². The third kappa shape index (κ3) is 3.10. The minimum atomic E-state index is -0.795. The molecule has 0 radical (unpaired) electrons. The van der Waals surface area contributed by atoms with Crippen molar-refractivity contribution >= 4 is 5.97 Å². The van der Waals surface area contributed by atoms with Crippen LogP contribution in [0.1, 0.15) is 17.9 Å². The number of nitrogens with one attached hydrogen (secondary N) is 1. The summed E-state index contributed by atoms with van der Waals surface area (Å²) in [6.45, 7) is 0.826. The van der Waals surface area contributed by atoms with Crippen molar-refractivity contribution in [3.05, 3.63) is 72.3 Å². The van der Waals surface area contributed by atoms with Crippen LogP contribution in [0.4, 0.5) is 0 Å². The van der Waals surface area contributed by atoms with Gasteiger partial charge in [-0.15, -0.1) is 0 Å². The molecule has 1 heterocycles. The van der Waals surface area contributed by atoms with E-state index < -0.39 is 11.9 Å². The predicted octanol–water partition coefficient (Wildman–Crippen LogP) is 3.44. The highest BCUT2D eigenvalue weighted by molar-refractivity contribution is 5.78. The molecule has 2 atom stereocenters. The first-order valence-corrected chi connectivity index (χ1v) is 7.54. The van der Waals surface area contributed by atoms with Crippen LogP contribution in [0.15, 0.2) is 66.7 Å². The van der Waals surface area contributed by atoms with E-state index in [2.05, 4.69) is 23.5 Å². The van der Waals surface area contributed by atoms with Gasteiger partial charge in [-0.25, -0.2) is 0 Å². The summed E-state index contributed by atoms with van der Waals surface area (Å²) >= 11 is 0. The molecule has 0 spiro atoms. The summed E-state index contributed by atoms with van der Waals surface area (Å²) in [5.74, 6) is -1.35. The third-order valence-corrected chi connectivity index (χ3v) is 4.04. The highest BCUT2D eigenvalue weighted by atomic mass is 16.4. The maximum absolute atomic E-state index is 11.7. The van der Waals surface area contributed by atoms with Crippen molar-refractivity contribution in [3.8, 4) is 11.1 Å². The van der Waals surface area contributed by atoms with E-state index in [1.165, 1.54) is 0 Å². The van der Waals surface area contributed by atoms with Crippen LogP contribution in [-0.4, -0.2) is 23.7 Å². The van der Waals surface area contributed by atoms with Crippen molar-refractivity contribution in [1.29, 1.82) is 0 Å². The lowest BCUT2D eigenvalue weighted by atomic mass is 9.89. The number of carboxylic acid groups (broad SMARTS) is 1. The zero-order valence-corrected chi connectivity index (χ0v) is 12.3. The molecule has 2 aromatic rings. The second kappa shape index (κ2) is 6.58. The molecule has 0 saturated heterocycles. The highest BCUT2D eigenvalue weighted by Crippen LogP contribution is 2.26. The molecule has 3 rings (SSSR count). The van der Waals surface area contributed by atoms with Crippen LogP contribution >= 0.6 is 0 Å². The average Bonchev–Trinajstić information content (AvgIpc) is 2.57. The van der Waals surface area contributed by atoms with Crippen LogP contribution in [-0.2, 0) is 4.79 Å². The molecule has 3 nitrogen and oxygen atoms in total. The Morgan fingerprint density at radius 1 is 1.05 bits per heavy atom. The van der Waals surface area contributed by atoms with Crippen molar-refractivity contribution in [3.63, 3.8) is 0 Å². The summed E-state index contributed by atoms with van der Waals surface area (Å²) in [5.41, 5.74) is 3.06. The van der Waals surface area contributed by atoms with Gasteiger partial charge in [0.2, 0.25) is 0 Å². The number of carboxylic acids is 1. The van der Waals surface area contributed by atoms with Crippen LogP contribution in [0.25, 0.3) is 11.1 Å². The second-order valence-electron chi connectivity index (χ2n) is 5.50. The SMILES string of the molecule is O=C(O)C(c1ccc(-c2ccccc2)cc1)[C@H]1C=CCCN1. The van der Waals surface area contributed by atoms with Gasteiger partial charge >= 0.3 is 5.97 Å². The van der Waals surface area contributed by atoms with Crippen molar-refractivity contribution in [2.75, 3.05) is 6.54 Å². The molecule has 1 aliphatic heterocycles. The number of rotatable bonds is 4. The fourth-order valence-electron chi connectivity index (χ4n) is 2.89. The lowest BCUT2D eigenvalue weighted by Crippen LogP contribution is -2.39. The molecule has 0 fully saturated rings. The number of hydrogen-bond donors (Lipinski definition) is 2. The van der Waals surface area contributed by atoms with E-state index >= 15 is 0 Å². The molecular weight excluding hydrogens is 274 g/mol. The van der Waals surface area contributed by atoms with Gasteiger partial charge in [-0.1, -0.05) is 66.7 Å². The Labute approximate surface area is 130 Å². The number of hydrogen-bond acceptors (Lipinski definition) is 2. The van der Waals surface area contributed by atoms with Gasteiger partial charge in [0.15, 0.2) is 0 Å². The lowest BCUT2D eigenvalue weighted by molar-refractivity contribution is -0.139. The number of benzene rings is 2. The maximum atomic E-state index is 11.7. The van der Waals surface area contributed by atoms with Gasteiger partial charge in [-0.2, -0.15) is 0 Å². The first kappa shape index (κ1) is 14.5. The smallest absolute Gasteiger partial charge is 0.312 e. The van der Waals surface area contributed by atoms with Crippen LogP contribution in [0.2, 0.25) is 0 Å². The molecule has 2 N–H and O–H groups in total. The standard InChI is InChI=1S/C19H19NO2/c21-19(22)18(17-8-4-5-13-20-17)16-11-9-15(10-12-16)14-6-2-1-3-7-14/h1-4,6-12,17-18,20H,5,13H2,(H,21,22)/t17-,18?/m1/s1. The van der Waals surface area contributed by atoms with Crippen LogP contribution in [0, 0.1) is 0 Å². The van der Waals surface area contributed by atoms with Gasteiger partial charge in [0.25, 0.3) is 0 Å². The largest absolute Gasteiger partial charge is 0.481 e. The molecule has 2 aromatic carbocycles. The number of carbonyl (C=O) groups is 1. The molecule has 0 amide bonds. The Morgan fingerprint density at radius 2 is 1.73 bits per heavy atom. The van der Waals surface area contributed by atoms with E-state index in [-0.39, 0.29) is 6.04 Å². The van der Waals surface area contributed by atoms with Gasteiger partial charge in [0.1, 0.15) is 5.92 Å². The average molecular weight is 293 g/mol. The Hall–Kier alpha value is -2.39. The third-order valence-electron chi connectivity index (χ3n) is 4.04. The van der Waals surface area contributed by atoms with Gasteiger partial charge < -0.3 is 10.4 Å². The summed E-state index contributed by atoms with van der Waals surface area (Å²) in [6.07, 6.45) is 4.97. The van der Waals surface area contributed by atoms with Gasteiger partial charge in [-0.3, -0.25) is 4.79 Å². The molecule has 0 aromatic heterocycles. The first-order chi connectivity index (χ1) is 10.8. The van der Waals surface area contributed by atoms with E-state index in [9.17, 15) is 9.90 Å². The Morgan fingerprint density at radius 3 is 2.32 bits per heavy atom. The summed E-state index contributed by atoms with van der Waals surface area (Å²) in [5, 5.41) is 12.9. The van der Waals surface area contributed by atoms with Gasteiger partial charge in [-0.05, 0) is 29.7 Å². The lowest BCUT2D eigenvalue weighted by Gasteiger charge is -2.25. The zero-order chi connectivity index (χ0) is 15.4. The monoisotopic (exact) mass is 293 g/mol. The first-order valence-electron chi connectivity index (χ1n) is 7.54. The zero-order valence-electron chi connectivity index (χ0n) is 12.3. The van der Waals surface area contributed by atoms with E-state index in [4.69, 9.17) is 0 Å². The quantitative estimate of drug-likeness (QED) is 0.849. The molecule has 22 heavy (non-hydrogen) atoms. The summed E-state index contributed by atoms with van der Waals surface area (Å²) in [6, 6.07) is 17.8. The van der Waals surface area contributed by atoms with Gasteiger partial charge in [0.05, 0.1) is 0 Å². The molecule has 1 aliphatic rings. The Kier molecular flexibility index (Phi) is 4.35. The topological polar surface area (TPSA) is 49.3 Å². The van der Waals surface area contributed by atoms with Crippen LogP contribution in [0.5, 0.6) is 0 Å². The molecular formula is C19H19NO2. The van der Waals surface area contributed by atoms with Gasteiger partial charge in [0, 0.05) is 6.04 Å². The Bertz CT molecular complexity index is 662. The molecule has 0 bridgehead atoms. The fraction of sp³-hybridized carbons (Fsp3) is 0.211. The summed E-state index contributed by atoms with van der Waals surface area (Å²) in [7, 11) is 0. The second-order valence-corrected chi connectivity index (χ2v) is 5.50. The number of aliphatic carboxylic acids is 1. The molecule has 112 valence electrons. The summed E-state index contributed by atoms with van der Waals surface area (Å²) < 4.78 is 0. The van der Waals surface area contributed by atoms with Crippen LogP contribution < -0.4 is 5.32 Å². The van der Waals surface area contributed by atoms with Crippen molar-refractivity contribution in [2.45, 2.75) is 18.4 Å². The minimum Gasteiger partial charge on any atom is -0.481 e.